The fraction of sp³-hybridized carbons (Fsp3) is 0.154. The zero-order valence-corrected chi connectivity index (χ0v) is 11.5. The summed E-state index contributed by atoms with van der Waals surface area (Å²) in [6.07, 6.45) is 1.82. The van der Waals surface area contributed by atoms with Crippen LogP contribution >= 0.6 is 11.6 Å². The molecule has 3 rings (SSSR count). The minimum absolute atomic E-state index is 0.287. The van der Waals surface area contributed by atoms with Crippen LogP contribution in [0.2, 0.25) is 5.15 Å². The van der Waals surface area contributed by atoms with Gasteiger partial charge in [0.15, 0.2) is 0 Å². The highest BCUT2D eigenvalue weighted by molar-refractivity contribution is 6.29. The predicted molar refractivity (Wildman–Crippen MR) is 74.3 cm³/mol. The maximum atomic E-state index is 13.1. The monoisotopic (exact) mass is 309 g/mol. The molecule has 0 fully saturated rings. The molecule has 2 heterocycles. The van der Waals surface area contributed by atoms with E-state index in [9.17, 15) is 8.78 Å². The van der Waals surface area contributed by atoms with Crippen molar-refractivity contribution in [2.24, 2.45) is 0 Å². The standard InChI is InChI=1S/C13H10ClF2N5/c14-11-6-12(21-13(20-11)18-7-19-21)17-2-1-8-3-9(15)5-10(16)4-8/h3-7,17H,1-2H2. The summed E-state index contributed by atoms with van der Waals surface area (Å²) in [7, 11) is 0. The van der Waals surface area contributed by atoms with Crippen LogP contribution in [-0.2, 0) is 6.42 Å². The third kappa shape index (κ3) is 3.08. The number of anilines is 1. The van der Waals surface area contributed by atoms with Gasteiger partial charge in [0, 0.05) is 18.7 Å². The van der Waals surface area contributed by atoms with Crippen molar-refractivity contribution in [2.45, 2.75) is 6.42 Å². The van der Waals surface area contributed by atoms with E-state index in [2.05, 4.69) is 20.4 Å². The molecule has 0 bridgehead atoms. The van der Waals surface area contributed by atoms with E-state index >= 15 is 0 Å². The van der Waals surface area contributed by atoms with Gasteiger partial charge in [-0.05, 0) is 24.1 Å². The lowest BCUT2D eigenvalue weighted by atomic mass is 10.1. The largest absolute Gasteiger partial charge is 0.369 e. The summed E-state index contributed by atoms with van der Waals surface area (Å²) >= 11 is 5.89. The van der Waals surface area contributed by atoms with Crippen molar-refractivity contribution in [3.8, 4) is 0 Å². The normalized spacial score (nSPS) is 11.0. The van der Waals surface area contributed by atoms with E-state index in [0.29, 0.717) is 30.1 Å². The number of hydrogen-bond acceptors (Lipinski definition) is 4. The van der Waals surface area contributed by atoms with Crippen LogP contribution in [0, 0.1) is 11.6 Å². The third-order valence-electron chi connectivity index (χ3n) is 2.86. The highest BCUT2D eigenvalue weighted by Crippen LogP contribution is 2.15. The van der Waals surface area contributed by atoms with Crippen molar-refractivity contribution in [1.29, 1.82) is 0 Å². The first kappa shape index (κ1) is 13.7. The number of nitrogens with zero attached hydrogens (tertiary/aromatic N) is 4. The molecule has 0 atom stereocenters. The average molecular weight is 310 g/mol. The number of halogens is 3. The molecule has 0 aliphatic carbocycles. The zero-order valence-electron chi connectivity index (χ0n) is 10.7. The predicted octanol–water partition coefficient (Wildman–Crippen LogP) is 2.71. The second-order valence-electron chi connectivity index (χ2n) is 4.39. The van der Waals surface area contributed by atoms with Gasteiger partial charge < -0.3 is 5.32 Å². The van der Waals surface area contributed by atoms with E-state index in [1.54, 1.807) is 6.07 Å². The van der Waals surface area contributed by atoms with Crippen LogP contribution < -0.4 is 5.32 Å². The molecule has 1 aromatic carbocycles. The molecule has 0 spiro atoms. The lowest BCUT2D eigenvalue weighted by molar-refractivity contribution is 0.580. The van der Waals surface area contributed by atoms with E-state index in [4.69, 9.17) is 11.6 Å². The lowest BCUT2D eigenvalue weighted by Gasteiger charge is -2.08. The molecule has 21 heavy (non-hydrogen) atoms. The van der Waals surface area contributed by atoms with Crippen LogP contribution in [0.3, 0.4) is 0 Å². The van der Waals surface area contributed by atoms with Crippen LogP contribution in [0.25, 0.3) is 5.78 Å². The molecule has 0 unspecified atom stereocenters. The van der Waals surface area contributed by atoms with E-state index < -0.39 is 11.6 Å². The minimum Gasteiger partial charge on any atom is -0.369 e. The Morgan fingerprint density at radius 2 is 1.90 bits per heavy atom. The van der Waals surface area contributed by atoms with Crippen molar-refractivity contribution < 1.29 is 8.78 Å². The van der Waals surface area contributed by atoms with Gasteiger partial charge in [-0.15, -0.1) is 0 Å². The molecule has 3 aromatic rings. The van der Waals surface area contributed by atoms with Crippen LogP contribution in [0.5, 0.6) is 0 Å². The summed E-state index contributed by atoms with van der Waals surface area (Å²) in [6.45, 7) is 0.457. The first-order valence-corrected chi connectivity index (χ1v) is 6.55. The fourth-order valence-electron chi connectivity index (χ4n) is 2.00. The van der Waals surface area contributed by atoms with Crippen LogP contribution in [-0.4, -0.2) is 26.1 Å². The summed E-state index contributed by atoms with van der Waals surface area (Å²) in [5.41, 5.74) is 0.565. The summed E-state index contributed by atoms with van der Waals surface area (Å²) in [5, 5.41) is 7.40. The topological polar surface area (TPSA) is 55.1 Å². The van der Waals surface area contributed by atoms with Crippen molar-refractivity contribution in [2.75, 3.05) is 11.9 Å². The Balaban J connectivity index is 1.73. The van der Waals surface area contributed by atoms with Crippen molar-refractivity contribution in [3.63, 3.8) is 0 Å². The van der Waals surface area contributed by atoms with Crippen molar-refractivity contribution >= 4 is 23.2 Å². The van der Waals surface area contributed by atoms with Crippen LogP contribution in [0.15, 0.2) is 30.6 Å². The summed E-state index contributed by atoms with van der Waals surface area (Å²) < 4.78 is 27.7. The number of rotatable bonds is 4. The molecule has 0 saturated heterocycles. The van der Waals surface area contributed by atoms with Gasteiger partial charge in [0.05, 0.1) is 0 Å². The maximum absolute atomic E-state index is 13.1. The Morgan fingerprint density at radius 1 is 1.14 bits per heavy atom. The van der Waals surface area contributed by atoms with E-state index in [-0.39, 0.29) is 5.15 Å². The molecule has 108 valence electrons. The number of nitrogens with one attached hydrogen (secondary N) is 1. The fourth-order valence-corrected chi connectivity index (χ4v) is 2.18. The average Bonchev–Trinajstić information content (AvgIpc) is 2.85. The SMILES string of the molecule is Fc1cc(F)cc(CCNc2cc(Cl)nc3ncnn23)c1. The number of hydrogen-bond donors (Lipinski definition) is 1. The van der Waals surface area contributed by atoms with Gasteiger partial charge in [-0.2, -0.15) is 19.6 Å². The van der Waals surface area contributed by atoms with Crippen molar-refractivity contribution in [1.82, 2.24) is 19.6 Å². The molecule has 5 nitrogen and oxygen atoms in total. The van der Waals surface area contributed by atoms with Gasteiger partial charge in [0.2, 0.25) is 0 Å². The van der Waals surface area contributed by atoms with Crippen LogP contribution in [0.1, 0.15) is 5.56 Å². The molecular formula is C13H10ClF2N5. The Kier molecular flexibility index (Phi) is 3.66. The van der Waals surface area contributed by atoms with Gasteiger partial charge >= 0.3 is 0 Å². The maximum Gasteiger partial charge on any atom is 0.255 e. The summed E-state index contributed by atoms with van der Waals surface area (Å²) in [4.78, 5) is 7.95. The molecule has 0 amide bonds. The van der Waals surface area contributed by atoms with Gasteiger partial charge in [-0.25, -0.2) is 8.78 Å². The van der Waals surface area contributed by atoms with E-state index in [1.807, 2.05) is 0 Å². The minimum atomic E-state index is -0.587. The van der Waals surface area contributed by atoms with Crippen LogP contribution in [0.4, 0.5) is 14.6 Å². The Labute approximate surface area is 123 Å². The highest BCUT2D eigenvalue weighted by atomic mass is 35.5. The third-order valence-corrected chi connectivity index (χ3v) is 3.06. The first-order valence-electron chi connectivity index (χ1n) is 6.17. The summed E-state index contributed by atoms with van der Waals surface area (Å²) in [5.74, 6) is -0.188. The molecule has 8 heteroatoms. The molecule has 0 aliphatic heterocycles. The molecule has 1 N–H and O–H groups in total. The molecular weight excluding hydrogens is 300 g/mol. The second kappa shape index (κ2) is 5.61. The zero-order chi connectivity index (χ0) is 14.8. The molecule has 0 radical (unpaired) electrons. The van der Waals surface area contributed by atoms with Gasteiger partial charge in [0.1, 0.15) is 28.9 Å². The first-order chi connectivity index (χ1) is 10.1. The Hall–Kier alpha value is -2.28. The number of fused-ring (bicyclic) bond motifs is 1. The van der Waals surface area contributed by atoms with Gasteiger partial charge in [-0.3, -0.25) is 0 Å². The molecule has 2 aromatic heterocycles. The molecule has 0 aliphatic rings. The van der Waals surface area contributed by atoms with E-state index in [0.717, 1.165) is 6.07 Å². The molecule has 0 saturated carbocycles. The number of aromatic nitrogens is 4. The Morgan fingerprint density at radius 3 is 2.67 bits per heavy atom. The highest BCUT2D eigenvalue weighted by Gasteiger charge is 2.06. The van der Waals surface area contributed by atoms with Crippen molar-refractivity contribution in [3.05, 3.63) is 52.9 Å². The second-order valence-corrected chi connectivity index (χ2v) is 4.78. The lowest BCUT2D eigenvalue weighted by Crippen LogP contribution is -2.10. The quantitative estimate of drug-likeness (QED) is 0.753. The van der Waals surface area contributed by atoms with Gasteiger partial charge in [-0.1, -0.05) is 11.6 Å². The smallest absolute Gasteiger partial charge is 0.255 e. The summed E-state index contributed by atoms with van der Waals surface area (Å²) in [6, 6.07) is 5.05. The number of benzene rings is 1. The van der Waals surface area contributed by atoms with Gasteiger partial charge in [0.25, 0.3) is 5.78 Å². The Bertz CT molecular complexity index is 769. The van der Waals surface area contributed by atoms with E-state index in [1.165, 1.54) is 23.0 Å².